The summed E-state index contributed by atoms with van der Waals surface area (Å²) in [5.41, 5.74) is 7.09. The first-order chi connectivity index (χ1) is 6.49. The van der Waals surface area contributed by atoms with Crippen molar-refractivity contribution in [3.63, 3.8) is 0 Å². The second kappa shape index (κ2) is 4.33. The second-order valence-corrected chi connectivity index (χ2v) is 3.47. The third-order valence-corrected chi connectivity index (χ3v) is 1.88. The average molecular weight is 197 g/mol. The Labute approximate surface area is 82.2 Å². The van der Waals surface area contributed by atoms with E-state index in [2.05, 4.69) is 6.58 Å². The quantitative estimate of drug-likeness (QED) is 0.741. The van der Waals surface area contributed by atoms with Crippen LogP contribution < -0.4 is 5.73 Å². The van der Waals surface area contributed by atoms with Gasteiger partial charge in [-0.05, 0) is 31.0 Å². The number of rotatable bonds is 3. The topological polar surface area (TPSA) is 26.0 Å². The predicted molar refractivity (Wildman–Crippen MR) is 52.7 cm³/mol. The normalized spacial score (nSPS) is 12.6. The minimum atomic E-state index is -0.600. The van der Waals surface area contributed by atoms with Crippen LogP contribution in [0.15, 0.2) is 30.4 Å². The molecule has 0 saturated heterocycles. The zero-order valence-electron chi connectivity index (χ0n) is 8.06. The molecule has 76 valence electrons. The van der Waals surface area contributed by atoms with E-state index in [-0.39, 0.29) is 0 Å². The third kappa shape index (κ3) is 2.92. The molecule has 0 aliphatic carbocycles. The van der Waals surface area contributed by atoms with Crippen molar-refractivity contribution in [3.8, 4) is 0 Å². The molecular weight excluding hydrogens is 184 g/mol. The number of halogens is 2. The van der Waals surface area contributed by atoms with Crippen LogP contribution in [0.4, 0.5) is 8.78 Å². The standard InChI is InChI=1S/C11H13F2N/c1-7(2)3-11(14)8-4-9(12)6-10(13)5-8/h4-6,11H,1,3,14H2,2H3/t11-/m0/s1. The fraction of sp³-hybridized carbons (Fsp3) is 0.273. The lowest BCUT2D eigenvalue weighted by Crippen LogP contribution is -2.11. The fourth-order valence-electron chi connectivity index (χ4n) is 1.28. The molecule has 0 saturated carbocycles. The van der Waals surface area contributed by atoms with Crippen molar-refractivity contribution in [2.75, 3.05) is 0 Å². The van der Waals surface area contributed by atoms with E-state index < -0.39 is 17.7 Å². The van der Waals surface area contributed by atoms with Crippen LogP contribution >= 0.6 is 0 Å². The van der Waals surface area contributed by atoms with E-state index in [0.29, 0.717) is 12.0 Å². The minimum Gasteiger partial charge on any atom is -0.324 e. The van der Waals surface area contributed by atoms with E-state index in [1.807, 2.05) is 6.92 Å². The van der Waals surface area contributed by atoms with E-state index in [1.165, 1.54) is 12.1 Å². The van der Waals surface area contributed by atoms with Crippen LogP contribution in [0.5, 0.6) is 0 Å². The summed E-state index contributed by atoms with van der Waals surface area (Å²) in [5, 5.41) is 0. The maximum absolute atomic E-state index is 12.8. The molecule has 1 aromatic carbocycles. The monoisotopic (exact) mass is 197 g/mol. The highest BCUT2D eigenvalue weighted by molar-refractivity contribution is 5.22. The van der Waals surface area contributed by atoms with Gasteiger partial charge in [0.15, 0.2) is 0 Å². The molecule has 0 amide bonds. The molecule has 0 unspecified atom stereocenters. The summed E-state index contributed by atoms with van der Waals surface area (Å²) in [6.07, 6.45) is 0.531. The molecular formula is C11H13F2N. The minimum absolute atomic E-state index is 0.391. The van der Waals surface area contributed by atoms with Gasteiger partial charge in [-0.15, -0.1) is 6.58 Å². The highest BCUT2D eigenvalue weighted by Gasteiger charge is 2.08. The average Bonchev–Trinajstić information content (AvgIpc) is 2.00. The van der Waals surface area contributed by atoms with Crippen LogP contribution in [0.1, 0.15) is 24.9 Å². The van der Waals surface area contributed by atoms with Gasteiger partial charge in [0, 0.05) is 12.1 Å². The Kier molecular flexibility index (Phi) is 3.36. The first-order valence-electron chi connectivity index (χ1n) is 4.35. The molecule has 0 radical (unpaired) electrons. The Hall–Kier alpha value is -1.22. The third-order valence-electron chi connectivity index (χ3n) is 1.88. The molecule has 2 N–H and O–H groups in total. The van der Waals surface area contributed by atoms with E-state index in [1.54, 1.807) is 0 Å². The molecule has 1 rings (SSSR count). The van der Waals surface area contributed by atoms with Gasteiger partial charge in [0.1, 0.15) is 11.6 Å². The van der Waals surface area contributed by atoms with Crippen LogP contribution in [0.25, 0.3) is 0 Å². The van der Waals surface area contributed by atoms with Gasteiger partial charge in [-0.25, -0.2) is 8.78 Å². The zero-order valence-corrected chi connectivity index (χ0v) is 8.06. The van der Waals surface area contributed by atoms with Gasteiger partial charge in [0.05, 0.1) is 0 Å². The Morgan fingerprint density at radius 2 is 1.86 bits per heavy atom. The lowest BCUT2D eigenvalue weighted by molar-refractivity contribution is 0.572. The summed E-state index contributed by atoms with van der Waals surface area (Å²) in [5.74, 6) is -1.20. The lowest BCUT2D eigenvalue weighted by Gasteiger charge is -2.11. The van der Waals surface area contributed by atoms with Crippen molar-refractivity contribution in [1.29, 1.82) is 0 Å². The molecule has 0 heterocycles. The first-order valence-corrected chi connectivity index (χ1v) is 4.35. The van der Waals surface area contributed by atoms with Crippen LogP contribution in [0, 0.1) is 11.6 Å². The summed E-state index contributed by atoms with van der Waals surface area (Å²) in [6, 6.07) is 2.93. The van der Waals surface area contributed by atoms with Crippen molar-refractivity contribution in [1.82, 2.24) is 0 Å². The molecule has 1 aromatic rings. The summed E-state index contributed by atoms with van der Waals surface area (Å²) >= 11 is 0. The number of nitrogens with two attached hydrogens (primary N) is 1. The van der Waals surface area contributed by atoms with E-state index >= 15 is 0 Å². The summed E-state index contributed by atoms with van der Waals surface area (Å²) in [4.78, 5) is 0. The maximum Gasteiger partial charge on any atom is 0.126 e. The Bertz CT molecular complexity index is 327. The molecule has 0 bridgehead atoms. The second-order valence-electron chi connectivity index (χ2n) is 3.47. The highest BCUT2D eigenvalue weighted by atomic mass is 19.1. The van der Waals surface area contributed by atoms with Crippen molar-refractivity contribution in [3.05, 3.63) is 47.5 Å². The zero-order chi connectivity index (χ0) is 10.7. The largest absolute Gasteiger partial charge is 0.324 e. The number of hydrogen-bond donors (Lipinski definition) is 1. The van der Waals surface area contributed by atoms with Crippen molar-refractivity contribution < 1.29 is 8.78 Å². The van der Waals surface area contributed by atoms with E-state index in [9.17, 15) is 8.78 Å². The van der Waals surface area contributed by atoms with Gasteiger partial charge in [-0.2, -0.15) is 0 Å². The molecule has 0 aliphatic rings. The van der Waals surface area contributed by atoms with Gasteiger partial charge >= 0.3 is 0 Å². The number of hydrogen-bond acceptors (Lipinski definition) is 1. The van der Waals surface area contributed by atoms with E-state index in [4.69, 9.17) is 5.73 Å². The van der Waals surface area contributed by atoms with Gasteiger partial charge < -0.3 is 5.73 Å². The predicted octanol–water partition coefficient (Wildman–Crippen LogP) is 2.93. The smallest absolute Gasteiger partial charge is 0.126 e. The summed E-state index contributed by atoms with van der Waals surface area (Å²) in [7, 11) is 0. The van der Waals surface area contributed by atoms with Crippen molar-refractivity contribution in [2.24, 2.45) is 5.73 Å². The Morgan fingerprint density at radius 3 is 2.29 bits per heavy atom. The van der Waals surface area contributed by atoms with Gasteiger partial charge in [0.2, 0.25) is 0 Å². The molecule has 0 aliphatic heterocycles. The molecule has 0 fully saturated rings. The van der Waals surface area contributed by atoms with Crippen LogP contribution in [0.3, 0.4) is 0 Å². The molecule has 0 aromatic heterocycles. The van der Waals surface area contributed by atoms with Crippen LogP contribution in [0.2, 0.25) is 0 Å². The van der Waals surface area contributed by atoms with Crippen LogP contribution in [-0.2, 0) is 0 Å². The summed E-state index contributed by atoms with van der Waals surface area (Å²) in [6.45, 7) is 5.53. The maximum atomic E-state index is 12.8. The fourth-order valence-corrected chi connectivity index (χ4v) is 1.28. The molecule has 1 nitrogen and oxygen atoms in total. The van der Waals surface area contributed by atoms with Gasteiger partial charge in [-0.1, -0.05) is 5.57 Å². The number of benzene rings is 1. The molecule has 0 spiro atoms. The van der Waals surface area contributed by atoms with E-state index in [0.717, 1.165) is 11.6 Å². The van der Waals surface area contributed by atoms with Crippen LogP contribution in [-0.4, -0.2) is 0 Å². The van der Waals surface area contributed by atoms with Crippen molar-refractivity contribution in [2.45, 2.75) is 19.4 Å². The first kappa shape index (κ1) is 10.9. The van der Waals surface area contributed by atoms with Gasteiger partial charge in [-0.3, -0.25) is 0 Å². The molecule has 1 atom stereocenters. The molecule has 14 heavy (non-hydrogen) atoms. The lowest BCUT2D eigenvalue weighted by atomic mass is 10.0. The summed E-state index contributed by atoms with van der Waals surface area (Å²) < 4.78 is 25.6. The SMILES string of the molecule is C=C(C)C[C@H](N)c1cc(F)cc(F)c1. The van der Waals surface area contributed by atoms with Crippen molar-refractivity contribution >= 4 is 0 Å². The van der Waals surface area contributed by atoms with Gasteiger partial charge in [0.25, 0.3) is 0 Å². The highest BCUT2D eigenvalue weighted by Crippen LogP contribution is 2.19. The Balaban J connectivity index is 2.89. The molecule has 3 heteroatoms. The Morgan fingerprint density at radius 1 is 1.36 bits per heavy atom.